The van der Waals surface area contributed by atoms with Crippen LogP contribution in [0.1, 0.15) is 16.7 Å². The van der Waals surface area contributed by atoms with Gasteiger partial charge < -0.3 is 10.5 Å². The molecule has 2 rings (SSSR count). The van der Waals surface area contributed by atoms with E-state index in [-0.39, 0.29) is 0 Å². The van der Waals surface area contributed by atoms with Gasteiger partial charge in [-0.25, -0.2) is 0 Å². The molecule has 0 saturated heterocycles. The number of ether oxygens (including phenoxy) is 1. The summed E-state index contributed by atoms with van der Waals surface area (Å²) in [6.45, 7) is 3.36. The van der Waals surface area contributed by atoms with E-state index in [0.29, 0.717) is 13.2 Å². The van der Waals surface area contributed by atoms with Gasteiger partial charge in [-0.15, -0.1) is 0 Å². The topological polar surface area (TPSA) is 35.2 Å². The van der Waals surface area contributed by atoms with Crippen molar-refractivity contribution in [3.63, 3.8) is 0 Å². The highest BCUT2D eigenvalue weighted by Crippen LogP contribution is 2.15. The van der Waals surface area contributed by atoms with Crippen molar-refractivity contribution in [2.75, 3.05) is 6.54 Å². The Morgan fingerprint density at radius 2 is 1.78 bits per heavy atom. The molecule has 0 aromatic heterocycles. The van der Waals surface area contributed by atoms with E-state index in [1.54, 1.807) is 0 Å². The summed E-state index contributed by atoms with van der Waals surface area (Å²) in [6, 6.07) is 16.5. The predicted molar refractivity (Wildman–Crippen MR) is 74.7 cm³/mol. The van der Waals surface area contributed by atoms with Gasteiger partial charge in [-0.2, -0.15) is 0 Å². The van der Waals surface area contributed by atoms with Crippen LogP contribution < -0.4 is 10.5 Å². The predicted octanol–water partition coefficient (Wildman–Crippen LogP) is 3.08. The molecule has 0 spiro atoms. The Balaban J connectivity index is 1.97. The van der Waals surface area contributed by atoms with Crippen LogP contribution in [0, 0.1) is 6.92 Å². The van der Waals surface area contributed by atoms with Crippen molar-refractivity contribution in [1.29, 1.82) is 0 Å². The van der Waals surface area contributed by atoms with Gasteiger partial charge in [0.25, 0.3) is 0 Å². The second kappa shape index (κ2) is 6.22. The van der Waals surface area contributed by atoms with Gasteiger partial charge in [-0.05, 0) is 43.1 Å². The van der Waals surface area contributed by atoms with Crippen molar-refractivity contribution < 1.29 is 4.74 Å². The number of nitrogens with two attached hydrogens (primary N) is 1. The molecule has 2 nitrogen and oxygen atoms in total. The van der Waals surface area contributed by atoms with Crippen LogP contribution in [-0.2, 0) is 13.0 Å². The van der Waals surface area contributed by atoms with Crippen LogP contribution in [0.15, 0.2) is 48.5 Å². The molecule has 0 aliphatic carbocycles. The summed E-state index contributed by atoms with van der Waals surface area (Å²) in [5.41, 5.74) is 9.22. The Labute approximate surface area is 108 Å². The lowest BCUT2D eigenvalue weighted by Crippen LogP contribution is -2.03. The Morgan fingerprint density at radius 3 is 2.50 bits per heavy atom. The van der Waals surface area contributed by atoms with Crippen LogP contribution in [0.5, 0.6) is 5.75 Å². The third-order valence-corrected chi connectivity index (χ3v) is 2.86. The molecule has 18 heavy (non-hydrogen) atoms. The van der Waals surface area contributed by atoms with Crippen LogP contribution in [0.4, 0.5) is 0 Å². The maximum atomic E-state index is 5.78. The molecule has 2 N–H and O–H groups in total. The fourth-order valence-corrected chi connectivity index (χ4v) is 1.81. The molecular weight excluding hydrogens is 222 g/mol. The third-order valence-electron chi connectivity index (χ3n) is 2.86. The average molecular weight is 241 g/mol. The Morgan fingerprint density at radius 1 is 1.00 bits per heavy atom. The van der Waals surface area contributed by atoms with Crippen molar-refractivity contribution in [2.24, 2.45) is 5.73 Å². The number of hydrogen-bond acceptors (Lipinski definition) is 2. The Kier molecular flexibility index (Phi) is 4.37. The summed E-state index contributed by atoms with van der Waals surface area (Å²) in [7, 11) is 0. The van der Waals surface area contributed by atoms with Gasteiger partial charge in [0.15, 0.2) is 0 Å². The lowest BCUT2D eigenvalue weighted by atomic mass is 10.1. The molecule has 0 saturated carbocycles. The largest absolute Gasteiger partial charge is 0.489 e. The van der Waals surface area contributed by atoms with Gasteiger partial charge in [0.1, 0.15) is 12.4 Å². The fourth-order valence-electron chi connectivity index (χ4n) is 1.81. The summed E-state index contributed by atoms with van der Waals surface area (Å²) >= 11 is 0. The average Bonchev–Trinajstić information content (AvgIpc) is 2.39. The summed E-state index contributed by atoms with van der Waals surface area (Å²) in [5.74, 6) is 0.904. The molecule has 0 unspecified atom stereocenters. The first kappa shape index (κ1) is 12.7. The maximum absolute atomic E-state index is 5.78. The molecule has 0 atom stereocenters. The van der Waals surface area contributed by atoms with Crippen LogP contribution in [0.2, 0.25) is 0 Å². The molecule has 0 aliphatic heterocycles. The second-order valence-electron chi connectivity index (χ2n) is 4.46. The zero-order chi connectivity index (χ0) is 12.8. The highest BCUT2D eigenvalue weighted by Gasteiger charge is 1.98. The monoisotopic (exact) mass is 241 g/mol. The normalized spacial score (nSPS) is 10.3. The molecular formula is C16H19NO. The van der Waals surface area contributed by atoms with Gasteiger partial charge in [0, 0.05) is 0 Å². The number of aryl methyl sites for hydroxylation is 1. The minimum Gasteiger partial charge on any atom is -0.489 e. The van der Waals surface area contributed by atoms with Gasteiger partial charge in [0.05, 0.1) is 0 Å². The van der Waals surface area contributed by atoms with E-state index < -0.39 is 0 Å². The molecule has 0 fully saturated rings. The summed E-state index contributed by atoms with van der Waals surface area (Å²) < 4.78 is 5.78. The molecule has 0 aliphatic rings. The minimum atomic E-state index is 0.604. The molecule has 0 amide bonds. The van der Waals surface area contributed by atoms with Gasteiger partial charge in [-0.1, -0.05) is 42.0 Å². The Hall–Kier alpha value is -1.80. The molecule has 2 aromatic rings. The van der Waals surface area contributed by atoms with Gasteiger partial charge in [-0.3, -0.25) is 0 Å². The van der Waals surface area contributed by atoms with E-state index in [1.807, 2.05) is 12.1 Å². The first-order valence-electron chi connectivity index (χ1n) is 6.25. The summed E-state index contributed by atoms with van der Waals surface area (Å²) in [6.07, 6.45) is 0.891. The van der Waals surface area contributed by atoms with Crippen LogP contribution >= 0.6 is 0 Å². The smallest absolute Gasteiger partial charge is 0.120 e. The zero-order valence-electron chi connectivity index (χ0n) is 10.7. The zero-order valence-corrected chi connectivity index (χ0v) is 10.7. The van der Waals surface area contributed by atoms with Crippen LogP contribution in [-0.4, -0.2) is 6.54 Å². The van der Waals surface area contributed by atoms with Crippen molar-refractivity contribution in [1.82, 2.24) is 0 Å². The molecule has 0 heterocycles. The number of benzene rings is 2. The molecule has 0 bridgehead atoms. The van der Waals surface area contributed by atoms with Crippen LogP contribution in [0.25, 0.3) is 0 Å². The van der Waals surface area contributed by atoms with Gasteiger partial charge in [0.2, 0.25) is 0 Å². The highest BCUT2D eigenvalue weighted by atomic mass is 16.5. The fraction of sp³-hybridized carbons (Fsp3) is 0.250. The third kappa shape index (κ3) is 3.60. The van der Waals surface area contributed by atoms with Crippen molar-refractivity contribution >= 4 is 0 Å². The van der Waals surface area contributed by atoms with Crippen LogP contribution in [0.3, 0.4) is 0 Å². The lowest BCUT2D eigenvalue weighted by molar-refractivity contribution is 0.306. The quantitative estimate of drug-likeness (QED) is 0.873. The lowest BCUT2D eigenvalue weighted by Gasteiger charge is -2.08. The first-order valence-corrected chi connectivity index (χ1v) is 6.25. The number of rotatable bonds is 5. The molecule has 0 radical (unpaired) electrons. The van der Waals surface area contributed by atoms with Crippen molar-refractivity contribution in [2.45, 2.75) is 20.0 Å². The molecule has 2 heteroatoms. The van der Waals surface area contributed by atoms with E-state index in [4.69, 9.17) is 10.5 Å². The minimum absolute atomic E-state index is 0.604. The Bertz CT molecular complexity index is 491. The maximum Gasteiger partial charge on any atom is 0.120 e. The second-order valence-corrected chi connectivity index (χ2v) is 4.46. The van der Waals surface area contributed by atoms with E-state index in [9.17, 15) is 0 Å². The summed E-state index contributed by atoms with van der Waals surface area (Å²) in [4.78, 5) is 0. The van der Waals surface area contributed by atoms with Crippen molar-refractivity contribution in [3.8, 4) is 5.75 Å². The van der Waals surface area contributed by atoms with E-state index in [2.05, 4.69) is 43.3 Å². The standard InChI is InChI=1S/C16H19NO/c1-13-5-7-15(8-6-13)12-18-16-4-2-3-14(11-16)9-10-17/h2-8,11H,9-10,12,17H2,1H3. The molecule has 2 aromatic carbocycles. The van der Waals surface area contributed by atoms with Crippen molar-refractivity contribution in [3.05, 3.63) is 65.2 Å². The highest BCUT2D eigenvalue weighted by molar-refractivity contribution is 5.29. The SMILES string of the molecule is Cc1ccc(COc2cccc(CCN)c2)cc1. The summed E-state index contributed by atoms with van der Waals surface area (Å²) in [5, 5.41) is 0. The van der Waals surface area contributed by atoms with E-state index in [0.717, 1.165) is 12.2 Å². The van der Waals surface area contributed by atoms with E-state index >= 15 is 0 Å². The molecule has 94 valence electrons. The number of hydrogen-bond donors (Lipinski definition) is 1. The first-order chi connectivity index (χ1) is 8.78. The van der Waals surface area contributed by atoms with Gasteiger partial charge >= 0.3 is 0 Å². The van der Waals surface area contributed by atoms with E-state index in [1.165, 1.54) is 16.7 Å².